The molecule has 0 spiro atoms. The lowest BCUT2D eigenvalue weighted by molar-refractivity contribution is -0.137. The second-order valence-corrected chi connectivity index (χ2v) is 5.65. The minimum absolute atomic E-state index is 0.185. The van der Waals surface area contributed by atoms with Crippen LogP contribution in [0.25, 0.3) is 0 Å². The van der Waals surface area contributed by atoms with Gasteiger partial charge in [0.2, 0.25) is 0 Å². The zero-order valence-corrected chi connectivity index (χ0v) is 12.1. The standard InChI is InChI=1S/C16H13F3OS/c1-11-3-2-4-14(9-11)21-10-15(20)12-5-7-13(8-6-12)16(17,18)19/h2-9H,10H2,1H3. The normalized spacial score (nSPS) is 11.4. The summed E-state index contributed by atoms with van der Waals surface area (Å²) < 4.78 is 37.3. The maximum Gasteiger partial charge on any atom is 0.416 e. The molecule has 0 aliphatic rings. The molecule has 2 aromatic carbocycles. The first-order chi connectivity index (χ1) is 9.86. The van der Waals surface area contributed by atoms with Gasteiger partial charge < -0.3 is 0 Å². The summed E-state index contributed by atoms with van der Waals surface area (Å²) in [6.07, 6.45) is -4.38. The molecule has 0 fully saturated rings. The van der Waals surface area contributed by atoms with Gasteiger partial charge in [0.05, 0.1) is 11.3 Å². The van der Waals surface area contributed by atoms with Crippen LogP contribution in [0.2, 0.25) is 0 Å². The van der Waals surface area contributed by atoms with Crippen molar-refractivity contribution in [2.75, 3.05) is 5.75 Å². The van der Waals surface area contributed by atoms with Crippen molar-refractivity contribution in [3.63, 3.8) is 0 Å². The van der Waals surface area contributed by atoms with Crippen LogP contribution in [0.1, 0.15) is 21.5 Å². The van der Waals surface area contributed by atoms with Gasteiger partial charge in [-0.15, -0.1) is 11.8 Å². The number of carbonyl (C=O) groups is 1. The molecule has 0 amide bonds. The number of aryl methyl sites for hydroxylation is 1. The van der Waals surface area contributed by atoms with Gasteiger partial charge in [-0.05, 0) is 31.2 Å². The van der Waals surface area contributed by atoms with Crippen LogP contribution in [0.5, 0.6) is 0 Å². The number of rotatable bonds is 4. The first kappa shape index (κ1) is 15.6. The van der Waals surface area contributed by atoms with E-state index in [1.165, 1.54) is 23.9 Å². The maximum absolute atomic E-state index is 12.4. The lowest BCUT2D eigenvalue weighted by atomic mass is 10.1. The summed E-state index contributed by atoms with van der Waals surface area (Å²) in [7, 11) is 0. The van der Waals surface area contributed by atoms with Gasteiger partial charge in [-0.1, -0.05) is 29.8 Å². The molecule has 2 aromatic rings. The van der Waals surface area contributed by atoms with E-state index in [0.29, 0.717) is 5.56 Å². The Balaban J connectivity index is 2.00. The van der Waals surface area contributed by atoms with E-state index in [0.717, 1.165) is 22.6 Å². The van der Waals surface area contributed by atoms with Crippen LogP contribution in [0, 0.1) is 6.92 Å². The highest BCUT2D eigenvalue weighted by atomic mass is 32.2. The smallest absolute Gasteiger partial charge is 0.293 e. The molecule has 5 heteroatoms. The van der Waals surface area contributed by atoms with E-state index in [-0.39, 0.29) is 11.5 Å². The summed E-state index contributed by atoms with van der Waals surface area (Å²) in [5, 5.41) is 0. The molecule has 0 unspecified atom stereocenters. The maximum atomic E-state index is 12.4. The van der Waals surface area contributed by atoms with Gasteiger partial charge in [-0.3, -0.25) is 4.79 Å². The second kappa shape index (κ2) is 6.35. The average molecular weight is 310 g/mol. The number of hydrogen-bond acceptors (Lipinski definition) is 2. The Morgan fingerprint density at radius 1 is 1.10 bits per heavy atom. The van der Waals surface area contributed by atoms with Crippen LogP contribution in [-0.2, 0) is 6.18 Å². The molecule has 0 heterocycles. The topological polar surface area (TPSA) is 17.1 Å². The van der Waals surface area contributed by atoms with Crippen molar-refractivity contribution < 1.29 is 18.0 Å². The summed E-state index contributed by atoms with van der Waals surface area (Å²) in [5.74, 6) is 0.0182. The lowest BCUT2D eigenvalue weighted by Gasteiger charge is -2.07. The highest BCUT2D eigenvalue weighted by molar-refractivity contribution is 8.00. The minimum atomic E-state index is -4.38. The number of alkyl halides is 3. The Bertz CT molecular complexity index is 633. The summed E-state index contributed by atoms with van der Waals surface area (Å²) in [6, 6.07) is 12.0. The van der Waals surface area contributed by atoms with Gasteiger partial charge >= 0.3 is 6.18 Å². The van der Waals surface area contributed by atoms with Crippen LogP contribution in [0.4, 0.5) is 13.2 Å². The first-order valence-electron chi connectivity index (χ1n) is 6.26. The Hall–Kier alpha value is -1.75. The Morgan fingerprint density at radius 3 is 2.33 bits per heavy atom. The lowest BCUT2D eigenvalue weighted by Crippen LogP contribution is -2.07. The van der Waals surface area contributed by atoms with Crippen molar-refractivity contribution in [3.8, 4) is 0 Å². The third-order valence-electron chi connectivity index (χ3n) is 2.89. The third-order valence-corrected chi connectivity index (χ3v) is 3.89. The average Bonchev–Trinajstić information content (AvgIpc) is 2.44. The summed E-state index contributed by atoms with van der Waals surface area (Å²) in [4.78, 5) is 12.9. The summed E-state index contributed by atoms with van der Waals surface area (Å²) >= 11 is 1.38. The molecule has 0 saturated heterocycles. The molecule has 1 nitrogen and oxygen atoms in total. The molecule has 0 atom stereocenters. The van der Waals surface area contributed by atoms with Gasteiger partial charge in [-0.25, -0.2) is 0 Å². The van der Waals surface area contributed by atoms with Crippen molar-refractivity contribution in [3.05, 3.63) is 65.2 Å². The molecule has 0 aromatic heterocycles. The molecule has 0 N–H and O–H groups in total. The highest BCUT2D eigenvalue weighted by Crippen LogP contribution is 2.29. The Morgan fingerprint density at radius 2 is 1.76 bits per heavy atom. The van der Waals surface area contributed by atoms with E-state index >= 15 is 0 Å². The molecule has 0 aliphatic heterocycles. The van der Waals surface area contributed by atoms with Crippen LogP contribution in [0.3, 0.4) is 0 Å². The van der Waals surface area contributed by atoms with Crippen molar-refractivity contribution >= 4 is 17.5 Å². The van der Waals surface area contributed by atoms with E-state index in [2.05, 4.69) is 0 Å². The van der Waals surface area contributed by atoms with Crippen molar-refractivity contribution in [2.24, 2.45) is 0 Å². The predicted molar refractivity (Wildman–Crippen MR) is 77.7 cm³/mol. The largest absolute Gasteiger partial charge is 0.416 e. The van der Waals surface area contributed by atoms with Gasteiger partial charge in [0.1, 0.15) is 0 Å². The molecule has 0 aliphatic carbocycles. The summed E-state index contributed by atoms with van der Waals surface area (Å²) in [6.45, 7) is 1.96. The zero-order valence-electron chi connectivity index (χ0n) is 11.3. The third kappa shape index (κ3) is 4.36. The van der Waals surface area contributed by atoms with Gasteiger partial charge in [0.15, 0.2) is 5.78 Å². The van der Waals surface area contributed by atoms with E-state index in [4.69, 9.17) is 0 Å². The number of benzene rings is 2. The monoisotopic (exact) mass is 310 g/mol. The molecule has 0 radical (unpaired) electrons. The zero-order chi connectivity index (χ0) is 15.5. The number of carbonyl (C=O) groups excluding carboxylic acids is 1. The Kier molecular flexibility index (Phi) is 4.73. The number of ketones is 1. The molecule has 2 rings (SSSR count). The van der Waals surface area contributed by atoms with Crippen molar-refractivity contribution in [2.45, 2.75) is 18.0 Å². The molecule has 110 valence electrons. The van der Waals surface area contributed by atoms with Crippen LogP contribution >= 0.6 is 11.8 Å². The number of halogens is 3. The highest BCUT2D eigenvalue weighted by Gasteiger charge is 2.30. The molecular formula is C16H13F3OS. The van der Waals surface area contributed by atoms with E-state index in [9.17, 15) is 18.0 Å². The number of thioether (sulfide) groups is 1. The van der Waals surface area contributed by atoms with Crippen molar-refractivity contribution in [1.29, 1.82) is 0 Å². The fraction of sp³-hybridized carbons (Fsp3) is 0.188. The van der Waals surface area contributed by atoms with Crippen LogP contribution in [-0.4, -0.2) is 11.5 Å². The predicted octanol–water partition coefficient (Wildman–Crippen LogP) is 4.99. The minimum Gasteiger partial charge on any atom is -0.293 e. The number of Topliss-reactive ketones (excluding diaryl/α,β-unsaturated/α-hetero) is 1. The molecule has 21 heavy (non-hydrogen) atoms. The van der Waals surface area contributed by atoms with Crippen LogP contribution in [0.15, 0.2) is 53.4 Å². The van der Waals surface area contributed by atoms with E-state index < -0.39 is 11.7 Å². The van der Waals surface area contributed by atoms with Crippen molar-refractivity contribution in [1.82, 2.24) is 0 Å². The van der Waals surface area contributed by atoms with Gasteiger partial charge in [-0.2, -0.15) is 13.2 Å². The van der Waals surface area contributed by atoms with E-state index in [1.807, 2.05) is 31.2 Å². The fourth-order valence-electron chi connectivity index (χ4n) is 1.78. The van der Waals surface area contributed by atoms with Gasteiger partial charge in [0, 0.05) is 10.5 Å². The molecular weight excluding hydrogens is 297 g/mol. The van der Waals surface area contributed by atoms with Gasteiger partial charge in [0.25, 0.3) is 0 Å². The molecule has 0 bridgehead atoms. The fourth-order valence-corrected chi connectivity index (χ4v) is 2.69. The SMILES string of the molecule is Cc1cccc(SCC(=O)c2ccc(C(F)(F)F)cc2)c1. The quantitative estimate of drug-likeness (QED) is 0.584. The number of hydrogen-bond donors (Lipinski definition) is 0. The van der Waals surface area contributed by atoms with Crippen LogP contribution < -0.4 is 0 Å². The Labute approximate surface area is 125 Å². The second-order valence-electron chi connectivity index (χ2n) is 4.60. The molecule has 0 saturated carbocycles. The summed E-state index contributed by atoms with van der Waals surface area (Å²) in [5.41, 5.74) is 0.649. The van der Waals surface area contributed by atoms with E-state index in [1.54, 1.807) is 0 Å². The first-order valence-corrected chi connectivity index (χ1v) is 7.25.